The van der Waals surface area contributed by atoms with Gasteiger partial charge in [-0.3, -0.25) is 4.79 Å². The molecule has 5 heteroatoms. The summed E-state index contributed by atoms with van der Waals surface area (Å²) in [6.07, 6.45) is 4.29. The van der Waals surface area contributed by atoms with E-state index in [0.29, 0.717) is 23.3 Å². The summed E-state index contributed by atoms with van der Waals surface area (Å²) < 4.78 is 4.62. The van der Waals surface area contributed by atoms with Crippen molar-refractivity contribution >= 4 is 28.9 Å². The van der Waals surface area contributed by atoms with E-state index in [1.54, 1.807) is 12.1 Å². The van der Waals surface area contributed by atoms with Gasteiger partial charge < -0.3 is 9.84 Å². The van der Waals surface area contributed by atoms with E-state index < -0.39 is 5.97 Å². The second kappa shape index (κ2) is 7.63. The van der Waals surface area contributed by atoms with Gasteiger partial charge in [-0.15, -0.1) is 0 Å². The minimum Gasteiger partial charge on any atom is -0.507 e. The Morgan fingerprint density at radius 3 is 2.79 bits per heavy atom. The number of ether oxygens (including phenoxy) is 1. The Labute approximate surface area is 116 Å². The number of thioether (sulfide) groups is 1. The quantitative estimate of drug-likeness (QED) is 0.663. The molecule has 102 valence electrons. The summed E-state index contributed by atoms with van der Waals surface area (Å²) in [4.78, 5) is 22.1. The van der Waals surface area contributed by atoms with Gasteiger partial charge in [0.1, 0.15) is 5.75 Å². The first-order chi connectivity index (χ1) is 9.04. The van der Waals surface area contributed by atoms with Crippen LogP contribution in [-0.4, -0.2) is 29.1 Å². The average molecular weight is 280 g/mol. The number of benzene rings is 1. The number of carbonyl (C=O) groups is 2. The van der Waals surface area contributed by atoms with Crippen molar-refractivity contribution in [1.29, 1.82) is 0 Å². The van der Waals surface area contributed by atoms with Crippen LogP contribution in [0.15, 0.2) is 24.3 Å². The number of phenols is 1. The number of methoxy groups -OCH3 is 1. The van der Waals surface area contributed by atoms with Crippen LogP contribution in [0, 0.1) is 0 Å². The zero-order valence-corrected chi connectivity index (χ0v) is 11.7. The molecule has 1 rings (SSSR count). The van der Waals surface area contributed by atoms with Gasteiger partial charge >= 0.3 is 5.97 Å². The van der Waals surface area contributed by atoms with Gasteiger partial charge in [-0.25, -0.2) is 4.79 Å². The molecule has 0 amide bonds. The number of rotatable bonds is 5. The summed E-state index contributed by atoms with van der Waals surface area (Å²) in [6, 6.07) is 4.52. The van der Waals surface area contributed by atoms with Crippen LogP contribution >= 0.6 is 11.8 Å². The highest BCUT2D eigenvalue weighted by Gasteiger charge is 2.07. The molecular weight excluding hydrogens is 264 g/mol. The van der Waals surface area contributed by atoms with E-state index in [2.05, 4.69) is 4.74 Å². The Kier molecular flexibility index (Phi) is 6.15. The summed E-state index contributed by atoms with van der Waals surface area (Å²) in [5.41, 5.74) is 0.939. The molecule has 0 heterocycles. The number of hydrogen-bond acceptors (Lipinski definition) is 5. The van der Waals surface area contributed by atoms with Crippen molar-refractivity contribution in [3.05, 3.63) is 35.4 Å². The molecule has 19 heavy (non-hydrogen) atoms. The second-order valence-electron chi connectivity index (χ2n) is 3.80. The predicted octanol–water partition coefficient (Wildman–Crippen LogP) is 2.86. The van der Waals surface area contributed by atoms with E-state index in [9.17, 15) is 14.7 Å². The lowest BCUT2D eigenvalue weighted by atomic mass is 10.1. The largest absolute Gasteiger partial charge is 0.507 e. The molecular formula is C14H16O4S. The number of aromatic hydroxyl groups is 1. The lowest BCUT2D eigenvalue weighted by molar-refractivity contribution is -0.109. The van der Waals surface area contributed by atoms with Crippen molar-refractivity contribution in [2.24, 2.45) is 0 Å². The number of esters is 1. The summed E-state index contributed by atoms with van der Waals surface area (Å²) >= 11 is 1.26. The van der Waals surface area contributed by atoms with Gasteiger partial charge in [0.2, 0.25) is 0 Å². The molecule has 1 aromatic rings. The zero-order chi connectivity index (χ0) is 14.3. The monoisotopic (exact) mass is 280 g/mol. The third-order valence-corrected chi connectivity index (χ3v) is 3.18. The first-order valence-corrected chi connectivity index (χ1v) is 6.74. The maximum atomic E-state index is 11.4. The van der Waals surface area contributed by atoms with Gasteiger partial charge in [0.25, 0.3) is 0 Å². The molecule has 0 aromatic heterocycles. The molecule has 0 saturated heterocycles. The highest BCUT2D eigenvalue weighted by molar-refractivity contribution is 8.13. The van der Waals surface area contributed by atoms with E-state index in [1.165, 1.54) is 37.9 Å². The number of hydrogen-bond donors (Lipinski definition) is 1. The van der Waals surface area contributed by atoms with Gasteiger partial charge in [-0.1, -0.05) is 23.9 Å². The van der Waals surface area contributed by atoms with Gasteiger partial charge in [0.05, 0.1) is 12.7 Å². The Hall–Kier alpha value is -1.75. The van der Waals surface area contributed by atoms with E-state index in [1.807, 2.05) is 6.08 Å². The first-order valence-electron chi connectivity index (χ1n) is 5.76. The third-order valence-electron chi connectivity index (χ3n) is 2.34. The topological polar surface area (TPSA) is 63.6 Å². The molecule has 0 radical (unpaired) electrons. The lowest BCUT2D eigenvalue weighted by Gasteiger charge is -2.03. The van der Waals surface area contributed by atoms with E-state index in [-0.39, 0.29) is 10.9 Å². The molecule has 1 aromatic carbocycles. The summed E-state index contributed by atoms with van der Waals surface area (Å²) in [5.74, 6) is 0.355. The maximum absolute atomic E-state index is 11.4. The minimum atomic E-state index is -0.443. The normalized spacial score (nSPS) is 10.6. The van der Waals surface area contributed by atoms with Crippen molar-refractivity contribution in [1.82, 2.24) is 0 Å². The Morgan fingerprint density at radius 2 is 2.16 bits per heavy atom. The average Bonchev–Trinajstić information content (AvgIpc) is 2.39. The zero-order valence-electron chi connectivity index (χ0n) is 10.9. The van der Waals surface area contributed by atoms with Crippen LogP contribution in [0.5, 0.6) is 5.75 Å². The molecule has 0 aliphatic carbocycles. The summed E-state index contributed by atoms with van der Waals surface area (Å²) in [7, 11) is 1.31. The van der Waals surface area contributed by atoms with Gasteiger partial charge in [-0.05, 0) is 24.6 Å². The smallest absolute Gasteiger partial charge is 0.337 e. The van der Waals surface area contributed by atoms with Crippen LogP contribution < -0.4 is 0 Å². The molecule has 1 N–H and O–H groups in total. The van der Waals surface area contributed by atoms with Gasteiger partial charge in [-0.2, -0.15) is 0 Å². The fraction of sp³-hybridized carbons (Fsp3) is 0.286. The predicted molar refractivity (Wildman–Crippen MR) is 76.2 cm³/mol. The number of allylic oxidation sites excluding steroid dienone is 1. The van der Waals surface area contributed by atoms with Gasteiger partial charge in [0.15, 0.2) is 5.12 Å². The minimum absolute atomic E-state index is 0.0870. The van der Waals surface area contributed by atoms with Gasteiger partial charge in [0, 0.05) is 18.2 Å². The summed E-state index contributed by atoms with van der Waals surface area (Å²) in [6.45, 7) is 1.53. The van der Waals surface area contributed by atoms with Crippen LogP contribution in [0.25, 0.3) is 6.08 Å². The maximum Gasteiger partial charge on any atom is 0.337 e. The van der Waals surface area contributed by atoms with Crippen LogP contribution in [0.1, 0.15) is 29.3 Å². The van der Waals surface area contributed by atoms with Crippen LogP contribution in [0.3, 0.4) is 0 Å². The standard InChI is InChI=1S/C14H16O4S/c1-10(15)19-8-4-3-5-11-9-12(14(17)18-2)6-7-13(11)16/h3,5-7,9,16H,4,8H2,1-2H3. The Balaban J connectivity index is 2.69. The van der Waals surface area contributed by atoms with Crippen LogP contribution in [-0.2, 0) is 9.53 Å². The Bertz CT molecular complexity index is 494. The molecule has 0 atom stereocenters. The van der Waals surface area contributed by atoms with Crippen molar-refractivity contribution < 1.29 is 19.4 Å². The molecule has 0 aliphatic heterocycles. The van der Waals surface area contributed by atoms with Crippen molar-refractivity contribution in [2.75, 3.05) is 12.9 Å². The highest BCUT2D eigenvalue weighted by Crippen LogP contribution is 2.21. The van der Waals surface area contributed by atoms with Crippen LogP contribution in [0.4, 0.5) is 0 Å². The molecule has 0 saturated carbocycles. The first kappa shape index (κ1) is 15.3. The van der Waals surface area contributed by atoms with E-state index >= 15 is 0 Å². The SMILES string of the molecule is COC(=O)c1ccc(O)c(C=CCCSC(C)=O)c1. The molecule has 4 nitrogen and oxygen atoms in total. The molecule has 0 unspecified atom stereocenters. The number of carbonyl (C=O) groups excluding carboxylic acids is 2. The lowest BCUT2D eigenvalue weighted by Crippen LogP contribution is -2.00. The fourth-order valence-corrected chi connectivity index (χ4v) is 1.96. The van der Waals surface area contributed by atoms with E-state index in [0.717, 1.165) is 0 Å². The second-order valence-corrected chi connectivity index (χ2v) is 5.07. The van der Waals surface area contributed by atoms with Crippen LogP contribution in [0.2, 0.25) is 0 Å². The van der Waals surface area contributed by atoms with Crippen molar-refractivity contribution in [3.8, 4) is 5.75 Å². The molecule has 0 fully saturated rings. The third kappa shape index (κ3) is 5.18. The highest BCUT2D eigenvalue weighted by atomic mass is 32.2. The molecule has 0 aliphatic rings. The van der Waals surface area contributed by atoms with Crippen molar-refractivity contribution in [2.45, 2.75) is 13.3 Å². The fourth-order valence-electron chi connectivity index (χ4n) is 1.41. The Morgan fingerprint density at radius 1 is 1.42 bits per heavy atom. The van der Waals surface area contributed by atoms with E-state index in [4.69, 9.17) is 0 Å². The molecule has 0 spiro atoms. The summed E-state index contributed by atoms with van der Waals surface area (Å²) in [5, 5.41) is 9.76. The van der Waals surface area contributed by atoms with Crippen molar-refractivity contribution in [3.63, 3.8) is 0 Å². The number of phenolic OH excluding ortho intramolecular Hbond substituents is 1. The molecule has 0 bridgehead atoms.